The van der Waals surface area contributed by atoms with Gasteiger partial charge in [0.05, 0.1) is 12.9 Å². The first-order valence-corrected chi connectivity index (χ1v) is 6.56. The largest absolute Gasteiger partial charge is 0.494 e. The van der Waals surface area contributed by atoms with Gasteiger partial charge in [-0.1, -0.05) is 25.5 Å². The summed E-state index contributed by atoms with van der Waals surface area (Å²) in [5, 5.41) is 0. The van der Waals surface area contributed by atoms with Crippen molar-refractivity contribution >= 4 is 0 Å². The molecule has 0 N–H and O–H groups in total. The summed E-state index contributed by atoms with van der Waals surface area (Å²) in [5.74, 6) is 0.978. The van der Waals surface area contributed by atoms with Crippen molar-refractivity contribution in [1.82, 2.24) is 9.55 Å². The third-order valence-corrected chi connectivity index (χ3v) is 2.88. The summed E-state index contributed by atoms with van der Waals surface area (Å²) >= 11 is 0. The molecule has 96 valence electrons. The zero-order chi connectivity index (χ0) is 12.6. The number of rotatable bonds is 7. The summed E-state index contributed by atoms with van der Waals surface area (Å²) in [4.78, 5) is 4.04. The van der Waals surface area contributed by atoms with Crippen LogP contribution in [-0.2, 0) is 13.0 Å². The van der Waals surface area contributed by atoms with Gasteiger partial charge < -0.3 is 9.30 Å². The van der Waals surface area contributed by atoms with E-state index in [1.807, 2.05) is 24.8 Å². The molecule has 0 spiro atoms. The molecule has 0 atom stereocenters. The van der Waals surface area contributed by atoms with E-state index in [9.17, 15) is 0 Å². The molecule has 0 aliphatic carbocycles. The van der Waals surface area contributed by atoms with Gasteiger partial charge in [-0.2, -0.15) is 0 Å². The number of nitrogens with zero attached hydrogens (tertiary/aromatic N) is 2. The predicted molar refractivity (Wildman–Crippen MR) is 72.8 cm³/mol. The van der Waals surface area contributed by atoms with Crippen molar-refractivity contribution in [2.45, 2.75) is 32.7 Å². The van der Waals surface area contributed by atoms with Gasteiger partial charge in [0.25, 0.3) is 0 Å². The van der Waals surface area contributed by atoms with Crippen LogP contribution in [0.2, 0.25) is 0 Å². The summed E-state index contributed by atoms with van der Waals surface area (Å²) in [6.45, 7) is 3.94. The van der Waals surface area contributed by atoms with Crippen LogP contribution in [0.15, 0.2) is 43.0 Å². The highest BCUT2D eigenvalue weighted by atomic mass is 16.5. The van der Waals surface area contributed by atoms with E-state index in [4.69, 9.17) is 4.74 Å². The molecule has 0 radical (unpaired) electrons. The second-order valence-electron chi connectivity index (χ2n) is 4.40. The van der Waals surface area contributed by atoms with Crippen LogP contribution in [0, 0.1) is 0 Å². The Morgan fingerprint density at radius 1 is 1.33 bits per heavy atom. The maximum Gasteiger partial charge on any atom is 0.119 e. The lowest BCUT2D eigenvalue weighted by molar-refractivity contribution is 0.309. The number of aryl methyl sites for hydroxylation is 2. The molecule has 1 aromatic heterocycles. The van der Waals surface area contributed by atoms with Gasteiger partial charge >= 0.3 is 0 Å². The van der Waals surface area contributed by atoms with Crippen molar-refractivity contribution in [2.75, 3.05) is 6.61 Å². The van der Waals surface area contributed by atoms with Crippen LogP contribution < -0.4 is 4.74 Å². The number of benzene rings is 1. The second kappa shape index (κ2) is 6.84. The first-order valence-electron chi connectivity index (χ1n) is 6.56. The van der Waals surface area contributed by atoms with E-state index in [0.29, 0.717) is 0 Å². The normalized spacial score (nSPS) is 10.5. The van der Waals surface area contributed by atoms with Crippen molar-refractivity contribution < 1.29 is 4.74 Å². The Hall–Kier alpha value is -1.77. The van der Waals surface area contributed by atoms with E-state index in [-0.39, 0.29) is 0 Å². The average molecular weight is 244 g/mol. The molecule has 0 unspecified atom stereocenters. The van der Waals surface area contributed by atoms with Crippen LogP contribution in [0.3, 0.4) is 0 Å². The van der Waals surface area contributed by atoms with Crippen LogP contribution in [0.1, 0.15) is 25.3 Å². The molecule has 0 fully saturated rings. The molecule has 2 aromatic rings. The zero-order valence-corrected chi connectivity index (χ0v) is 10.9. The van der Waals surface area contributed by atoms with Gasteiger partial charge in [0.1, 0.15) is 5.75 Å². The van der Waals surface area contributed by atoms with Crippen LogP contribution in [0.5, 0.6) is 5.75 Å². The average Bonchev–Trinajstić information content (AvgIpc) is 2.90. The second-order valence-corrected chi connectivity index (χ2v) is 4.40. The number of hydrogen-bond acceptors (Lipinski definition) is 2. The maximum atomic E-state index is 5.70. The molecule has 1 heterocycles. The number of hydrogen-bond donors (Lipinski definition) is 0. The third kappa shape index (κ3) is 3.91. The minimum absolute atomic E-state index is 0.807. The molecule has 0 bridgehead atoms. The fourth-order valence-corrected chi connectivity index (χ4v) is 1.80. The molecular weight excluding hydrogens is 224 g/mol. The van der Waals surface area contributed by atoms with Gasteiger partial charge in [0.2, 0.25) is 0 Å². The Kier molecular flexibility index (Phi) is 4.82. The molecular formula is C15H20N2O. The summed E-state index contributed by atoms with van der Waals surface area (Å²) in [6, 6.07) is 8.36. The van der Waals surface area contributed by atoms with E-state index in [0.717, 1.165) is 31.7 Å². The summed E-state index contributed by atoms with van der Waals surface area (Å²) < 4.78 is 7.79. The Balaban J connectivity index is 1.86. The molecule has 3 nitrogen and oxygen atoms in total. The molecule has 1 aromatic carbocycles. The van der Waals surface area contributed by atoms with E-state index >= 15 is 0 Å². The van der Waals surface area contributed by atoms with Crippen molar-refractivity contribution in [1.29, 1.82) is 0 Å². The lowest BCUT2D eigenvalue weighted by atomic mass is 10.1. The Labute approximate surface area is 108 Å². The highest BCUT2D eigenvalue weighted by Gasteiger charge is 1.98. The number of aromatic nitrogens is 2. The van der Waals surface area contributed by atoms with Gasteiger partial charge in [-0.05, 0) is 30.5 Å². The van der Waals surface area contributed by atoms with Crippen molar-refractivity contribution in [3.05, 3.63) is 48.5 Å². The van der Waals surface area contributed by atoms with Crippen LogP contribution in [0.4, 0.5) is 0 Å². The summed E-state index contributed by atoms with van der Waals surface area (Å²) in [7, 11) is 0. The van der Waals surface area contributed by atoms with Crippen LogP contribution in [0.25, 0.3) is 0 Å². The van der Waals surface area contributed by atoms with Crippen LogP contribution in [-0.4, -0.2) is 16.2 Å². The molecule has 0 amide bonds. The molecule has 3 heteroatoms. The molecule has 0 saturated heterocycles. The summed E-state index contributed by atoms with van der Waals surface area (Å²) in [6.07, 6.45) is 8.93. The lowest BCUT2D eigenvalue weighted by Gasteiger charge is -2.08. The molecule has 2 rings (SSSR count). The monoisotopic (exact) mass is 244 g/mol. The molecule has 0 aliphatic rings. The van der Waals surface area contributed by atoms with E-state index in [2.05, 4.69) is 34.7 Å². The van der Waals surface area contributed by atoms with Crippen molar-refractivity contribution in [2.24, 2.45) is 0 Å². The molecule has 0 aliphatic heterocycles. The van der Waals surface area contributed by atoms with Gasteiger partial charge in [-0.25, -0.2) is 4.98 Å². The van der Waals surface area contributed by atoms with Gasteiger partial charge in [0.15, 0.2) is 0 Å². The zero-order valence-electron chi connectivity index (χ0n) is 10.9. The standard InChI is InChI=1S/C15H20N2O/c1-2-3-11-18-15-6-4-5-14(12-15)7-9-17-10-8-16-13-17/h4-6,8,10,12-13H,2-3,7,9,11H2,1H3. The highest BCUT2D eigenvalue weighted by molar-refractivity contribution is 5.28. The maximum absolute atomic E-state index is 5.70. The smallest absolute Gasteiger partial charge is 0.119 e. The Bertz CT molecular complexity index is 451. The van der Waals surface area contributed by atoms with Crippen LogP contribution >= 0.6 is 0 Å². The van der Waals surface area contributed by atoms with Crippen molar-refractivity contribution in [3.8, 4) is 5.75 Å². The quantitative estimate of drug-likeness (QED) is 0.699. The summed E-state index contributed by atoms with van der Waals surface area (Å²) in [5.41, 5.74) is 1.30. The van der Waals surface area contributed by atoms with E-state index < -0.39 is 0 Å². The predicted octanol–water partition coefficient (Wildman–Crippen LogP) is 3.30. The van der Waals surface area contributed by atoms with E-state index in [1.165, 1.54) is 12.0 Å². The fourth-order valence-electron chi connectivity index (χ4n) is 1.80. The highest BCUT2D eigenvalue weighted by Crippen LogP contribution is 2.14. The Morgan fingerprint density at radius 2 is 2.28 bits per heavy atom. The van der Waals surface area contributed by atoms with Gasteiger partial charge in [-0.15, -0.1) is 0 Å². The SMILES string of the molecule is CCCCOc1cccc(CCn2ccnc2)c1. The third-order valence-electron chi connectivity index (χ3n) is 2.88. The molecule has 0 saturated carbocycles. The van der Waals surface area contributed by atoms with E-state index in [1.54, 1.807) is 0 Å². The number of unbranched alkanes of at least 4 members (excludes halogenated alkanes) is 1. The lowest BCUT2D eigenvalue weighted by Crippen LogP contribution is -2.00. The van der Waals surface area contributed by atoms with Crippen molar-refractivity contribution in [3.63, 3.8) is 0 Å². The topological polar surface area (TPSA) is 27.1 Å². The molecule has 18 heavy (non-hydrogen) atoms. The fraction of sp³-hybridized carbons (Fsp3) is 0.400. The first-order chi connectivity index (χ1) is 8.88. The Morgan fingerprint density at radius 3 is 3.06 bits per heavy atom. The van der Waals surface area contributed by atoms with Gasteiger partial charge in [0, 0.05) is 18.9 Å². The minimum Gasteiger partial charge on any atom is -0.494 e. The number of imidazole rings is 1. The number of ether oxygens (including phenoxy) is 1. The first kappa shape index (κ1) is 12.7. The minimum atomic E-state index is 0.807. The van der Waals surface area contributed by atoms with Gasteiger partial charge in [-0.3, -0.25) is 0 Å².